The van der Waals surface area contributed by atoms with Crippen molar-refractivity contribution in [1.82, 2.24) is 9.88 Å². The van der Waals surface area contributed by atoms with Gasteiger partial charge in [0.05, 0.1) is 18.3 Å². The fraction of sp³-hybridized carbons (Fsp3) is 0.400. The number of nitrogens with two attached hydrogens (primary N) is 1. The van der Waals surface area contributed by atoms with E-state index < -0.39 is 0 Å². The van der Waals surface area contributed by atoms with Crippen molar-refractivity contribution in [3.63, 3.8) is 0 Å². The summed E-state index contributed by atoms with van der Waals surface area (Å²) in [4.78, 5) is 6.59. The molecule has 0 saturated carbocycles. The predicted octanol–water partition coefficient (Wildman–Crippen LogP) is 2.50. The maximum atomic E-state index is 6.12. The Morgan fingerprint density at radius 2 is 2.11 bits per heavy atom. The third kappa shape index (κ3) is 3.43. The second kappa shape index (κ2) is 5.99. The van der Waals surface area contributed by atoms with Crippen LogP contribution in [0, 0.1) is 6.92 Å². The molecular formula is C15H21N3O. The Kier molecular flexibility index (Phi) is 4.35. The molecule has 2 unspecified atom stereocenters. The van der Waals surface area contributed by atoms with Gasteiger partial charge in [-0.25, -0.2) is 0 Å². The topological polar surface area (TPSA) is 55.3 Å². The molecule has 0 aliphatic rings. The Bertz CT molecular complexity index is 507. The Hall–Kier alpha value is -1.65. The van der Waals surface area contributed by atoms with Crippen LogP contribution in [0.3, 0.4) is 0 Å². The summed E-state index contributed by atoms with van der Waals surface area (Å²) in [5, 5.41) is 0. The number of likely N-dealkylation sites (N-methyl/N-ethyl adjacent to an activating group) is 1. The Balaban J connectivity index is 2.15. The lowest BCUT2D eigenvalue weighted by Gasteiger charge is -2.29. The van der Waals surface area contributed by atoms with Gasteiger partial charge in [0.1, 0.15) is 11.5 Å². The molecule has 0 aliphatic heterocycles. The predicted molar refractivity (Wildman–Crippen MR) is 75.5 cm³/mol. The first-order valence-corrected chi connectivity index (χ1v) is 6.50. The highest BCUT2D eigenvalue weighted by atomic mass is 16.3. The summed E-state index contributed by atoms with van der Waals surface area (Å²) in [5.41, 5.74) is 7.11. The largest absolute Gasteiger partial charge is 0.465 e. The zero-order chi connectivity index (χ0) is 13.8. The normalized spacial score (nSPS) is 14.6. The smallest absolute Gasteiger partial charge is 0.118 e. The molecule has 2 aromatic rings. The van der Waals surface area contributed by atoms with Crippen molar-refractivity contribution < 1.29 is 4.42 Å². The minimum atomic E-state index is -0.00374. The van der Waals surface area contributed by atoms with Crippen LogP contribution in [0.25, 0.3) is 0 Å². The zero-order valence-corrected chi connectivity index (χ0v) is 11.7. The van der Waals surface area contributed by atoms with Crippen LogP contribution in [0.4, 0.5) is 0 Å². The highest BCUT2D eigenvalue weighted by molar-refractivity contribution is 5.12. The van der Waals surface area contributed by atoms with Gasteiger partial charge in [-0.3, -0.25) is 9.88 Å². The summed E-state index contributed by atoms with van der Waals surface area (Å²) in [6.45, 7) is 4.67. The van der Waals surface area contributed by atoms with Crippen molar-refractivity contribution >= 4 is 0 Å². The van der Waals surface area contributed by atoms with Crippen LogP contribution in [-0.4, -0.2) is 23.0 Å². The van der Waals surface area contributed by atoms with E-state index in [0.29, 0.717) is 0 Å². The van der Waals surface area contributed by atoms with Crippen molar-refractivity contribution in [1.29, 1.82) is 0 Å². The molecule has 2 rings (SSSR count). The molecule has 4 nitrogen and oxygen atoms in total. The summed E-state index contributed by atoms with van der Waals surface area (Å²) >= 11 is 0. The lowest BCUT2D eigenvalue weighted by Crippen LogP contribution is -2.37. The first-order chi connectivity index (χ1) is 9.08. The third-order valence-electron chi connectivity index (χ3n) is 3.16. The van der Waals surface area contributed by atoms with Crippen molar-refractivity contribution in [3.8, 4) is 0 Å². The molecule has 19 heavy (non-hydrogen) atoms. The minimum Gasteiger partial charge on any atom is -0.465 e. The van der Waals surface area contributed by atoms with Crippen LogP contribution in [0.5, 0.6) is 0 Å². The number of nitrogens with zero attached hydrogens (tertiary/aromatic N) is 2. The Labute approximate surface area is 114 Å². The highest BCUT2D eigenvalue weighted by Gasteiger charge is 2.23. The van der Waals surface area contributed by atoms with E-state index in [2.05, 4.69) is 9.88 Å². The molecule has 0 aromatic carbocycles. The highest BCUT2D eigenvalue weighted by Crippen LogP contribution is 2.22. The van der Waals surface area contributed by atoms with Crippen molar-refractivity contribution in [2.45, 2.75) is 32.5 Å². The fourth-order valence-electron chi connectivity index (χ4n) is 2.36. The van der Waals surface area contributed by atoms with Gasteiger partial charge in [-0.05, 0) is 45.2 Å². The number of hydrogen-bond acceptors (Lipinski definition) is 4. The summed E-state index contributed by atoms with van der Waals surface area (Å²) in [5.74, 6) is 1.88. The summed E-state index contributed by atoms with van der Waals surface area (Å²) in [6.07, 6.45) is 1.80. The van der Waals surface area contributed by atoms with E-state index in [-0.39, 0.29) is 12.1 Å². The monoisotopic (exact) mass is 259 g/mol. The molecule has 102 valence electrons. The quantitative estimate of drug-likeness (QED) is 0.896. The number of hydrogen-bond donors (Lipinski definition) is 1. The average molecular weight is 259 g/mol. The molecule has 0 fully saturated rings. The zero-order valence-electron chi connectivity index (χ0n) is 11.7. The van der Waals surface area contributed by atoms with Crippen molar-refractivity contribution in [3.05, 3.63) is 53.7 Å². The summed E-state index contributed by atoms with van der Waals surface area (Å²) in [7, 11) is 2.04. The minimum absolute atomic E-state index is 0.00374. The van der Waals surface area contributed by atoms with E-state index in [1.165, 1.54) is 0 Å². The lowest BCUT2D eigenvalue weighted by atomic mass is 10.0. The van der Waals surface area contributed by atoms with Gasteiger partial charge < -0.3 is 10.2 Å². The van der Waals surface area contributed by atoms with Crippen LogP contribution in [0.1, 0.15) is 30.2 Å². The number of aromatic nitrogens is 1. The number of rotatable bonds is 5. The average Bonchev–Trinajstić information content (AvgIpc) is 2.75. The Morgan fingerprint density at radius 1 is 1.32 bits per heavy atom. The summed E-state index contributed by atoms with van der Waals surface area (Å²) in [6, 6.07) is 9.97. The van der Waals surface area contributed by atoms with Crippen molar-refractivity contribution in [2.24, 2.45) is 5.73 Å². The van der Waals surface area contributed by atoms with Crippen molar-refractivity contribution in [2.75, 3.05) is 7.05 Å². The van der Waals surface area contributed by atoms with Gasteiger partial charge in [-0.15, -0.1) is 0 Å². The molecule has 0 amide bonds. The maximum Gasteiger partial charge on any atom is 0.118 e. The standard InChI is InChI=1S/C15H21N3O/c1-11-7-8-13(19-11)10-18(3)15(12(2)16)14-6-4-5-9-17-14/h4-9,12,15H,10,16H2,1-3H3. The number of aryl methyl sites for hydroxylation is 1. The molecule has 0 saturated heterocycles. The molecule has 2 heterocycles. The van der Waals surface area contributed by atoms with Gasteiger partial charge >= 0.3 is 0 Å². The molecule has 0 radical (unpaired) electrons. The van der Waals surface area contributed by atoms with E-state index >= 15 is 0 Å². The van der Waals surface area contributed by atoms with E-state index in [1.54, 1.807) is 6.20 Å². The van der Waals surface area contributed by atoms with E-state index in [9.17, 15) is 0 Å². The molecule has 0 spiro atoms. The maximum absolute atomic E-state index is 6.12. The van der Waals surface area contributed by atoms with Crippen LogP contribution >= 0.6 is 0 Å². The molecule has 2 N–H and O–H groups in total. The summed E-state index contributed by atoms with van der Waals surface area (Å²) < 4.78 is 5.62. The van der Waals surface area contributed by atoms with E-state index in [1.807, 2.05) is 51.2 Å². The molecular weight excluding hydrogens is 238 g/mol. The van der Waals surface area contributed by atoms with Gasteiger partial charge in [-0.2, -0.15) is 0 Å². The van der Waals surface area contributed by atoms with Crippen LogP contribution in [-0.2, 0) is 6.54 Å². The van der Waals surface area contributed by atoms with Gasteiger partial charge in [-0.1, -0.05) is 6.07 Å². The van der Waals surface area contributed by atoms with Gasteiger partial charge in [0.25, 0.3) is 0 Å². The lowest BCUT2D eigenvalue weighted by molar-refractivity contribution is 0.191. The van der Waals surface area contributed by atoms with Crippen LogP contribution < -0.4 is 5.73 Å². The molecule has 2 aromatic heterocycles. The van der Waals surface area contributed by atoms with Gasteiger partial charge in [0.15, 0.2) is 0 Å². The van der Waals surface area contributed by atoms with Crippen LogP contribution in [0.15, 0.2) is 40.9 Å². The number of furan rings is 1. The second-order valence-corrected chi connectivity index (χ2v) is 4.99. The Morgan fingerprint density at radius 3 is 2.63 bits per heavy atom. The van der Waals surface area contributed by atoms with E-state index in [4.69, 9.17) is 10.2 Å². The third-order valence-corrected chi connectivity index (χ3v) is 3.16. The molecule has 2 atom stereocenters. The molecule has 0 aliphatic carbocycles. The van der Waals surface area contributed by atoms with Gasteiger partial charge in [0.2, 0.25) is 0 Å². The molecule has 4 heteroatoms. The fourth-order valence-corrected chi connectivity index (χ4v) is 2.36. The molecule has 0 bridgehead atoms. The SMILES string of the molecule is Cc1ccc(CN(C)C(c2ccccn2)C(C)N)o1. The second-order valence-electron chi connectivity index (χ2n) is 4.99. The first kappa shape index (κ1) is 13.8. The number of pyridine rings is 1. The van der Waals surface area contributed by atoms with E-state index in [0.717, 1.165) is 23.8 Å². The first-order valence-electron chi connectivity index (χ1n) is 6.50. The van der Waals surface area contributed by atoms with Crippen LogP contribution in [0.2, 0.25) is 0 Å². The van der Waals surface area contributed by atoms with Gasteiger partial charge in [0, 0.05) is 12.2 Å².